The van der Waals surface area contributed by atoms with Crippen molar-refractivity contribution in [3.05, 3.63) is 101 Å². The molecule has 132 valence electrons. The minimum Gasteiger partial charge on any atom is -0.292 e. The van der Waals surface area contributed by atoms with Crippen molar-refractivity contribution in [1.29, 1.82) is 0 Å². The maximum Gasteiger partial charge on any atom is 0.141 e. The van der Waals surface area contributed by atoms with Crippen molar-refractivity contribution in [2.24, 2.45) is 0 Å². The second kappa shape index (κ2) is 5.08. The summed E-state index contributed by atoms with van der Waals surface area (Å²) in [6.07, 6.45) is 6.70. The molecule has 0 saturated carbocycles. The molecule has 1 aliphatic carbocycles. The van der Waals surface area contributed by atoms with Crippen LogP contribution in [0.25, 0.3) is 11.1 Å². The van der Waals surface area contributed by atoms with Gasteiger partial charge < -0.3 is 0 Å². The Morgan fingerprint density at radius 3 is 2.57 bits per heavy atom. The number of nitrogens with zero attached hydrogens (tertiary/aromatic N) is 3. The minimum atomic E-state index is 0.897. The first-order valence-electron chi connectivity index (χ1n) is 9.82. The topological polar surface area (TPSA) is 29.0 Å². The van der Waals surface area contributed by atoms with E-state index >= 15 is 0 Å². The fourth-order valence-corrected chi connectivity index (χ4v) is 5.24. The summed E-state index contributed by atoms with van der Waals surface area (Å²) in [5.41, 5.74) is 13.4. The van der Waals surface area contributed by atoms with Gasteiger partial charge in [0.05, 0.1) is 17.1 Å². The van der Waals surface area contributed by atoms with E-state index in [4.69, 9.17) is 9.97 Å². The fraction of sp³-hybridized carbons (Fsp3) is 0.120. The van der Waals surface area contributed by atoms with Crippen molar-refractivity contribution in [1.82, 2.24) is 9.97 Å². The van der Waals surface area contributed by atoms with Gasteiger partial charge in [-0.15, -0.1) is 0 Å². The highest BCUT2D eigenvalue weighted by molar-refractivity contribution is 5.90. The van der Waals surface area contributed by atoms with Crippen molar-refractivity contribution in [3.8, 4) is 11.1 Å². The van der Waals surface area contributed by atoms with E-state index in [9.17, 15) is 0 Å². The number of aromatic nitrogens is 2. The second-order valence-electron chi connectivity index (χ2n) is 7.86. The lowest BCUT2D eigenvalue weighted by atomic mass is 9.87. The van der Waals surface area contributed by atoms with Gasteiger partial charge in [-0.1, -0.05) is 36.4 Å². The third-order valence-electron chi connectivity index (χ3n) is 6.43. The van der Waals surface area contributed by atoms with Gasteiger partial charge in [-0.3, -0.25) is 9.88 Å². The highest BCUT2D eigenvalue weighted by atomic mass is 15.2. The normalized spacial score (nSPS) is 14.6. The highest BCUT2D eigenvalue weighted by Crippen LogP contribution is 2.52. The Morgan fingerprint density at radius 1 is 0.643 bits per heavy atom. The number of hydrogen-bond acceptors (Lipinski definition) is 3. The van der Waals surface area contributed by atoms with Crippen LogP contribution in [0.5, 0.6) is 0 Å². The van der Waals surface area contributed by atoms with Crippen molar-refractivity contribution in [2.45, 2.75) is 19.3 Å². The molecule has 4 heterocycles. The van der Waals surface area contributed by atoms with Crippen LogP contribution >= 0.6 is 0 Å². The average molecular weight is 359 g/mol. The molecule has 3 aliphatic rings. The molecule has 0 fully saturated rings. The molecule has 2 aromatic carbocycles. The lowest BCUT2D eigenvalue weighted by molar-refractivity contribution is 0.932. The Labute approximate surface area is 163 Å². The first-order chi connectivity index (χ1) is 13.9. The third kappa shape index (κ3) is 1.74. The smallest absolute Gasteiger partial charge is 0.141 e. The number of pyridine rings is 2. The van der Waals surface area contributed by atoms with Crippen LogP contribution in [0.3, 0.4) is 0 Å². The first-order valence-corrected chi connectivity index (χ1v) is 9.82. The van der Waals surface area contributed by atoms with Gasteiger partial charge in [-0.25, -0.2) is 4.98 Å². The lowest BCUT2D eigenvalue weighted by Crippen LogP contribution is -2.26. The number of hydrogen-bond donors (Lipinski definition) is 0. The van der Waals surface area contributed by atoms with Crippen LogP contribution in [0.1, 0.15) is 33.5 Å². The Kier molecular flexibility index (Phi) is 2.64. The van der Waals surface area contributed by atoms with E-state index in [1.165, 1.54) is 56.0 Å². The van der Waals surface area contributed by atoms with Crippen LogP contribution in [0, 0.1) is 0 Å². The Balaban J connectivity index is 1.52. The number of anilines is 3. The summed E-state index contributed by atoms with van der Waals surface area (Å²) < 4.78 is 0. The van der Waals surface area contributed by atoms with Crippen LogP contribution in [0.2, 0.25) is 0 Å². The fourth-order valence-electron chi connectivity index (χ4n) is 5.24. The van der Waals surface area contributed by atoms with E-state index < -0.39 is 0 Å². The predicted octanol–water partition coefficient (Wildman–Crippen LogP) is 5.33. The molecule has 2 aromatic heterocycles. The highest BCUT2D eigenvalue weighted by Gasteiger charge is 2.35. The molecule has 4 aromatic rings. The van der Waals surface area contributed by atoms with Crippen LogP contribution < -0.4 is 4.90 Å². The molecule has 3 nitrogen and oxygen atoms in total. The van der Waals surface area contributed by atoms with E-state index in [1.807, 2.05) is 18.5 Å². The Morgan fingerprint density at radius 2 is 1.57 bits per heavy atom. The van der Waals surface area contributed by atoms with Gasteiger partial charge in [0.1, 0.15) is 5.82 Å². The van der Waals surface area contributed by atoms with Gasteiger partial charge in [-0.05, 0) is 63.6 Å². The third-order valence-corrected chi connectivity index (χ3v) is 6.43. The van der Waals surface area contributed by atoms with E-state index in [1.54, 1.807) is 0 Å². The van der Waals surface area contributed by atoms with Crippen molar-refractivity contribution >= 4 is 17.2 Å². The summed E-state index contributed by atoms with van der Waals surface area (Å²) in [6, 6.07) is 19.8. The van der Waals surface area contributed by atoms with E-state index in [-0.39, 0.29) is 0 Å². The maximum atomic E-state index is 4.79. The summed E-state index contributed by atoms with van der Waals surface area (Å²) in [5, 5.41) is 0. The number of benzene rings is 2. The van der Waals surface area contributed by atoms with E-state index in [2.05, 4.69) is 53.4 Å². The molecule has 0 radical (unpaired) electrons. The zero-order valence-corrected chi connectivity index (χ0v) is 15.3. The van der Waals surface area contributed by atoms with Crippen LogP contribution in [-0.4, -0.2) is 9.97 Å². The minimum absolute atomic E-state index is 0.897. The van der Waals surface area contributed by atoms with Gasteiger partial charge >= 0.3 is 0 Å². The maximum absolute atomic E-state index is 4.79. The van der Waals surface area contributed by atoms with Gasteiger partial charge in [-0.2, -0.15) is 0 Å². The molecule has 0 unspecified atom stereocenters. The number of fused-ring (bicyclic) bond motifs is 8. The second-order valence-corrected chi connectivity index (χ2v) is 7.86. The summed E-state index contributed by atoms with van der Waals surface area (Å²) in [6.45, 7) is 0. The van der Waals surface area contributed by atoms with E-state index in [0.717, 1.165) is 25.1 Å². The van der Waals surface area contributed by atoms with E-state index in [0.29, 0.717) is 0 Å². The van der Waals surface area contributed by atoms with Crippen molar-refractivity contribution in [2.75, 3.05) is 4.90 Å². The van der Waals surface area contributed by atoms with Crippen LogP contribution in [0.4, 0.5) is 17.2 Å². The molecule has 0 amide bonds. The molecule has 0 bridgehead atoms. The Bertz CT molecular complexity index is 1310. The largest absolute Gasteiger partial charge is 0.292 e. The van der Waals surface area contributed by atoms with Crippen molar-refractivity contribution in [3.63, 3.8) is 0 Å². The molecule has 0 N–H and O–H groups in total. The molecular formula is C25H17N3. The number of rotatable bonds is 0. The van der Waals surface area contributed by atoms with Gasteiger partial charge in [0, 0.05) is 25.2 Å². The van der Waals surface area contributed by atoms with Crippen LogP contribution in [0.15, 0.2) is 67.0 Å². The molecule has 28 heavy (non-hydrogen) atoms. The van der Waals surface area contributed by atoms with Crippen molar-refractivity contribution < 1.29 is 0 Å². The van der Waals surface area contributed by atoms with Gasteiger partial charge in [0.25, 0.3) is 0 Å². The zero-order chi connectivity index (χ0) is 18.2. The summed E-state index contributed by atoms with van der Waals surface area (Å²) in [5.74, 6) is 1.06. The lowest BCUT2D eigenvalue weighted by Gasteiger charge is -2.38. The molecule has 0 spiro atoms. The summed E-state index contributed by atoms with van der Waals surface area (Å²) in [4.78, 5) is 11.9. The molecule has 3 heteroatoms. The standard InChI is InChI=1S/C25H17N3/c1-2-6-18-15(4-1)13-20-19(18)7-8-23-21(20)14-22-24-16(9-11-26-22)12-17-5-3-10-27-25(17)28(23)24/h1-11H,12-14H2. The molecular weight excluding hydrogens is 342 g/mol. The average Bonchev–Trinajstić information content (AvgIpc) is 3.13. The SMILES string of the molecule is c1ccc2c(c1)Cc1c-2ccc2c1Cc1nccc3c1N2c1ncccc1C3. The predicted molar refractivity (Wildman–Crippen MR) is 111 cm³/mol. The summed E-state index contributed by atoms with van der Waals surface area (Å²) >= 11 is 0. The first kappa shape index (κ1) is 14.6. The molecule has 7 rings (SSSR count). The quantitative estimate of drug-likeness (QED) is 0.367. The monoisotopic (exact) mass is 359 g/mol. The molecule has 0 atom stereocenters. The zero-order valence-electron chi connectivity index (χ0n) is 15.3. The van der Waals surface area contributed by atoms with Gasteiger partial charge in [0.15, 0.2) is 0 Å². The molecule has 2 aliphatic heterocycles. The summed E-state index contributed by atoms with van der Waals surface area (Å²) in [7, 11) is 0. The molecule has 0 saturated heterocycles. The van der Waals surface area contributed by atoms with Crippen LogP contribution in [-0.2, 0) is 19.3 Å². The Hall–Kier alpha value is -3.46. The van der Waals surface area contributed by atoms with Gasteiger partial charge in [0.2, 0.25) is 0 Å².